The average molecular weight is 530 g/mol. The van der Waals surface area contributed by atoms with Crippen LogP contribution in [0.5, 0.6) is 0 Å². The molecule has 0 saturated heterocycles. The van der Waals surface area contributed by atoms with E-state index < -0.39 is 16.1 Å². The quantitative estimate of drug-likeness (QED) is 0.166. The zero-order valence-electron chi connectivity index (χ0n) is 23.7. The topological polar surface area (TPSA) is 26.0 Å². The van der Waals surface area contributed by atoms with E-state index in [0.29, 0.717) is 0 Å². The van der Waals surface area contributed by atoms with Gasteiger partial charge in [0.2, 0.25) is 0 Å². The van der Waals surface area contributed by atoms with Crippen LogP contribution in [0, 0.1) is 0 Å². The van der Waals surface area contributed by atoms with E-state index in [2.05, 4.69) is 120 Å². The molecule has 190 valence electrons. The zero-order chi connectivity index (χ0) is 26.8. The van der Waals surface area contributed by atoms with Gasteiger partial charge in [-0.3, -0.25) is 4.98 Å². The Kier molecular flexibility index (Phi) is 4.68. The van der Waals surface area contributed by atoms with Crippen molar-refractivity contribution >= 4 is 70.0 Å². The fourth-order valence-electron chi connectivity index (χ4n) is 6.81. The van der Waals surface area contributed by atoms with Crippen molar-refractivity contribution in [2.75, 3.05) is 0 Å². The molecule has 1 aliphatic carbocycles. The number of rotatable bonds is 2. The molecule has 2 nitrogen and oxygen atoms in total. The predicted octanol–water partition coefficient (Wildman–Crippen LogP) is 8.68. The SMILES string of the molecule is CC1(C)c2c(ccc3c2ccc2ccccc23)-c2ncc([Si](C)(C)C)c3oc4c([Si](C)(C)C)ccc1c4c23. The lowest BCUT2D eigenvalue weighted by atomic mass is 9.73. The number of pyridine rings is 1. The average Bonchev–Trinajstić information content (AvgIpc) is 3.21. The van der Waals surface area contributed by atoms with Crippen molar-refractivity contribution in [2.45, 2.75) is 58.5 Å². The molecule has 0 atom stereocenters. The Balaban J connectivity index is 1.73. The van der Waals surface area contributed by atoms with E-state index in [9.17, 15) is 0 Å². The molecule has 0 spiro atoms. The van der Waals surface area contributed by atoms with Gasteiger partial charge < -0.3 is 4.42 Å². The van der Waals surface area contributed by atoms with Gasteiger partial charge in [0.25, 0.3) is 0 Å². The number of benzene rings is 4. The summed E-state index contributed by atoms with van der Waals surface area (Å²) in [7, 11) is -3.36. The Bertz CT molecular complexity index is 1970. The molecule has 0 bridgehead atoms. The molecule has 0 amide bonds. The van der Waals surface area contributed by atoms with Gasteiger partial charge in [-0.15, -0.1) is 0 Å². The van der Waals surface area contributed by atoms with Gasteiger partial charge >= 0.3 is 0 Å². The third-order valence-electron chi connectivity index (χ3n) is 8.74. The van der Waals surface area contributed by atoms with Crippen LogP contribution in [0.2, 0.25) is 39.3 Å². The zero-order valence-corrected chi connectivity index (χ0v) is 25.7. The van der Waals surface area contributed by atoms with Crippen LogP contribution in [-0.2, 0) is 5.41 Å². The largest absolute Gasteiger partial charge is 0.456 e. The van der Waals surface area contributed by atoms with Crippen LogP contribution >= 0.6 is 0 Å². The maximum atomic E-state index is 7.01. The molecule has 0 radical (unpaired) electrons. The molecule has 1 aliphatic rings. The van der Waals surface area contributed by atoms with Gasteiger partial charge in [0.05, 0.1) is 27.2 Å². The lowest BCUT2D eigenvalue weighted by Crippen LogP contribution is -2.38. The summed E-state index contributed by atoms with van der Waals surface area (Å²) in [5, 5.41) is 10.4. The summed E-state index contributed by atoms with van der Waals surface area (Å²) in [6, 6.07) is 22.8. The Morgan fingerprint density at radius 2 is 1.34 bits per heavy atom. The normalized spacial score (nSPS) is 15.1. The first-order valence-corrected chi connectivity index (χ1v) is 20.7. The van der Waals surface area contributed by atoms with Crippen molar-refractivity contribution in [2.24, 2.45) is 0 Å². The maximum absolute atomic E-state index is 7.01. The minimum atomic E-state index is -1.70. The first-order chi connectivity index (χ1) is 17.9. The van der Waals surface area contributed by atoms with Crippen molar-refractivity contribution in [1.82, 2.24) is 4.98 Å². The maximum Gasteiger partial charge on any atom is 0.138 e. The molecule has 0 N–H and O–H groups in total. The number of aromatic nitrogens is 1. The molecule has 2 aromatic heterocycles. The van der Waals surface area contributed by atoms with E-state index in [1.807, 2.05) is 0 Å². The molecule has 0 fully saturated rings. The highest BCUT2D eigenvalue weighted by atomic mass is 28.3. The van der Waals surface area contributed by atoms with Crippen LogP contribution in [-0.4, -0.2) is 21.1 Å². The first-order valence-electron chi connectivity index (χ1n) is 13.7. The number of furan rings is 1. The summed E-state index contributed by atoms with van der Waals surface area (Å²) < 4.78 is 7.01. The van der Waals surface area contributed by atoms with Gasteiger partial charge in [-0.25, -0.2) is 0 Å². The van der Waals surface area contributed by atoms with Crippen LogP contribution < -0.4 is 10.4 Å². The standard InChI is InChI=1S/C34H35NOSi2/c1-34(2)25-17-18-26(37(3,4)5)32-28(25)29-31(35-19-27(33(29)36-32)38(6,7)8)24-16-15-22-21-12-10-9-11-20(21)13-14-23(22)30(24)34/h9-19H,1-8H3. The summed E-state index contributed by atoms with van der Waals surface area (Å²) in [6.45, 7) is 19.2. The van der Waals surface area contributed by atoms with Crippen LogP contribution in [0.15, 0.2) is 71.3 Å². The Morgan fingerprint density at radius 1 is 0.658 bits per heavy atom. The molecule has 4 aromatic carbocycles. The van der Waals surface area contributed by atoms with Crippen LogP contribution in [0.3, 0.4) is 0 Å². The monoisotopic (exact) mass is 529 g/mol. The second-order valence-electron chi connectivity index (χ2n) is 13.7. The molecular formula is C34H35NOSi2. The van der Waals surface area contributed by atoms with Crippen molar-refractivity contribution < 1.29 is 4.42 Å². The number of hydrogen-bond acceptors (Lipinski definition) is 2. The molecule has 7 rings (SSSR count). The Morgan fingerprint density at radius 3 is 2.08 bits per heavy atom. The highest BCUT2D eigenvalue weighted by Crippen LogP contribution is 2.51. The molecule has 0 unspecified atom stereocenters. The lowest BCUT2D eigenvalue weighted by molar-refractivity contribution is 0.649. The van der Waals surface area contributed by atoms with Crippen molar-refractivity contribution in [1.29, 1.82) is 0 Å². The fraction of sp³-hybridized carbons (Fsp3) is 0.265. The van der Waals surface area contributed by atoms with E-state index in [1.54, 1.807) is 0 Å². The highest BCUT2D eigenvalue weighted by molar-refractivity contribution is 6.91. The van der Waals surface area contributed by atoms with E-state index in [4.69, 9.17) is 9.40 Å². The van der Waals surface area contributed by atoms with Gasteiger partial charge in [-0.2, -0.15) is 0 Å². The summed E-state index contributed by atoms with van der Waals surface area (Å²) in [4.78, 5) is 5.27. The third-order valence-corrected chi connectivity index (χ3v) is 12.7. The van der Waals surface area contributed by atoms with Gasteiger partial charge in [0.15, 0.2) is 0 Å². The summed E-state index contributed by atoms with van der Waals surface area (Å²) in [5.41, 5.74) is 6.96. The number of nitrogens with zero attached hydrogens (tertiary/aromatic N) is 1. The lowest BCUT2D eigenvalue weighted by Gasteiger charge is -2.30. The molecule has 6 aromatic rings. The van der Waals surface area contributed by atoms with E-state index in [1.165, 1.54) is 59.4 Å². The minimum Gasteiger partial charge on any atom is -0.456 e. The van der Waals surface area contributed by atoms with Crippen molar-refractivity contribution in [3.05, 3.63) is 78.0 Å². The minimum absolute atomic E-state index is 0.232. The second-order valence-corrected chi connectivity index (χ2v) is 23.8. The van der Waals surface area contributed by atoms with Gasteiger partial charge in [-0.05, 0) is 37.9 Å². The Hall–Kier alpha value is -3.22. The van der Waals surface area contributed by atoms with Crippen LogP contribution in [0.1, 0.15) is 25.0 Å². The molecule has 0 aliphatic heterocycles. The molecule has 2 heterocycles. The second kappa shape index (κ2) is 7.46. The predicted molar refractivity (Wildman–Crippen MR) is 170 cm³/mol. The highest BCUT2D eigenvalue weighted by Gasteiger charge is 2.39. The summed E-state index contributed by atoms with van der Waals surface area (Å²) >= 11 is 0. The number of fused-ring (bicyclic) bond motifs is 6. The fourth-order valence-corrected chi connectivity index (χ4v) is 9.56. The van der Waals surface area contributed by atoms with Gasteiger partial charge in [0.1, 0.15) is 11.2 Å². The molecular weight excluding hydrogens is 495 g/mol. The van der Waals surface area contributed by atoms with E-state index >= 15 is 0 Å². The summed E-state index contributed by atoms with van der Waals surface area (Å²) in [6.07, 6.45) is 2.13. The van der Waals surface area contributed by atoms with Gasteiger partial charge in [0, 0.05) is 27.7 Å². The van der Waals surface area contributed by atoms with E-state index in [0.717, 1.165) is 16.9 Å². The summed E-state index contributed by atoms with van der Waals surface area (Å²) in [5.74, 6) is 0. The molecule has 0 saturated carbocycles. The molecule has 38 heavy (non-hydrogen) atoms. The van der Waals surface area contributed by atoms with Crippen molar-refractivity contribution in [3.63, 3.8) is 0 Å². The van der Waals surface area contributed by atoms with Crippen LogP contribution in [0.25, 0.3) is 54.7 Å². The van der Waals surface area contributed by atoms with Crippen LogP contribution in [0.4, 0.5) is 0 Å². The Labute approximate surface area is 226 Å². The molecule has 4 heteroatoms. The van der Waals surface area contributed by atoms with E-state index in [-0.39, 0.29) is 5.41 Å². The first kappa shape index (κ1) is 23.9. The van der Waals surface area contributed by atoms with Crippen molar-refractivity contribution in [3.8, 4) is 11.3 Å². The van der Waals surface area contributed by atoms with Gasteiger partial charge in [-0.1, -0.05) is 114 Å². The smallest absolute Gasteiger partial charge is 0.138 e. The third kappa shape index (κ3) is 3.07. The number of hydrogen-bond donors (Lipinski definition) is 0.